The molecule has 0 aromatic heterocycles. The molecular weight excluding hydrogens is 265 g/mol. The lowest BCUT2D eigenvalue weighted by Gasteiger charge is -2.09. The third-order valence-electron chi connectivity index (χ3n) is 2.84. The summed E-state index contributed by atoms with van der Waals surface area (Å²) in [5, 5.41) is 17.8. The van der Waals surface area contributed by atoms with E-state index in [4.69, 9.17) is 14.8 Å². The smallest absolute Gasteiger partial charge is 0.488 e. The van der Waals surface area contributed by atoms with Crippen molar-refractivity contribution in [3.8, 4) is 5.75 Å². The maximum absolute atomic E-state index is 13.6. The Labute approximate surface area is 115 Å². The van der Waals surface area contributed by atoms with Crippen LogP contribution in [0.3, 0.4) is 0 Å². The molecule has 3 nitrogen and oxygen atoms in total. The molecule has 0 aliphatic heterocycles. The van der Waals surface area contributed by atoms with Crippen molar-refractivity contribution in [3.05, 3.63) is 59.7 Å². The molecule has 0 bridgehead atoms. The molecule has 0 fully saturated rings. The van der Waals surface area contributed by atoms with Crippen LogP contribution in [-0.2, 0) is 6.42 Å². The van der Waals surface area contributed by atoms with Crippen LogP contribution in [0.5, 0.6) is 5.75 Å². The molecule has 0 aliphatic carbocycles. The lowest BCUT2D eigenvalue weighted by Crippen LogP contribution is -2.30. The first-order chi connectivity index (χ1) is 9.58. The highest BCUT2D eigenvalue weighted by molar-refractivity contribution is 6.58. The van der Waals surface area contributed by atoms with Gasteiger partial charge < -0.3 is 14.8 Å². The summed E-state index contributed by atoms with van der Waals surface area (Å²) in [6.45, 7) is 0.124. The van der Waals surface area contributed by atoms with Gasteiger partial charge in [0.25, 0.3) is 0 Å². The van der Waals surface area contributed by atoms with E-state index in [1.54, 1.807) is 18.2 Å². The molecule has 2 N–H and O–H groups in total. The van der Waals surface area contributed by atoms with E-state index in [0.29, 0.717) is 12.0 Å². The Morgan fingerprint density at radius 3 is 2.40 bits per heavy atom. The van der Waals surface area contributed by atoms with Gasteiger partial charge in [-0.1, -0.05) is 24.3 Å². The second kappa shape index (κ2) is 6.50. The standard InChI is InChI=1S/C14H13BF2O3/c16-12-4-2-1-3-10(12)7-8-20-14-6-5-11(15(18)19)9-13(14)17/h1-6,9,18-19H,7-8H2. The van der Waals surface area contributed by atoms with E-state index in [1.165, 1.54) is 18.2 Å². The van der Waals surface area contributed by atoms with Crippen molar-refractivity contribution < 1.29 is 23.6 Å². The fourth-order valence-electron chi connectivity index (χ4n) is 1.77. The monoisotopic (exact) mass is 278 g/mol. The minimum absolute atomic E-state index is 0.00857. The lowest BCUT2D eigenvalue weighted by molar-refractivity contribution is 0.303. The molecule has 0 amide bonds. The maximum atomic E-state index is 13.6. The van der Waals surface area contributed by atoms with Gasteiger partial charge in [-0.05, 0) is 29.2 Å². The Balaban J connectivity index is 1.96. The minimum atomic E-state index is -1.73. The van der Waals surface area contributed by atoms with E-state index in [-0.39, 0.29) is 23.6 Å². The highest BCUT2D eigenvalue weighted by Crippen LogP contribution is 2.15. The summed E-state index contributed by atoms with van der Waals surface area (Å²) >= 11 is 0. The minimum Gasteiger partial charge on any atom is -0.490 e. The summed E-state index contributed by atoms with van der Waals surface area (Å²) in [6.07, 6.45) is 0.316. The Morgan fingerprint density at radius 1 is 1.00 bits per heavy atom. The van der Waals surface area contributed by atoms with E-state index in [2.05, 4.69) is 0 Å². The van der Waals surface area contributed by atoms with Crippen LogP contribution < -0.4 is 10.2 Å². The summed E-state index contributed by atoms with van der Waals surface area (Å²) in [5.74, 6) is -1.02. The van der Waals surface area contributed by atoms with Gasteiger partial charge in [-0.2, -0.15) is 0 Å². The topological polar surface area (TPSA) is 49.7 Å². The van der Waals surface area contributed by atoms with E-state index in [9.17, 15) is 8.78 Å². The molecule has 2 aromatic rings. The van der Waals surface area contributed by atoms with Crippen molar-refractivity contribution in [2.75, 3.05) is 6.61 Å². The second-order valence-corrected chi connectivity index (χ2v) is 4.25. The Hall–Kier alpha value is -1.92. The molecule has 0 saturated heterocycles. The summed E-state index contributed by atoms with van der Waals surface area (Å²) in [4.78, 5) is 0. The molecule has 20 heavy (non-hydrogen) atoms. The van der Waals surface area contributed by atoms with Crippen LogP contribution in [0.2, 0.25) is 0 Å². The van der Waals surface area contributed by atoms with Gasteiger partial charge >= 0.3 is 7.12 Å². The van der Waals surface area contributed by atoms with Crippen LogP contribution in [0.25, 0.3) is 0 Å². The predicted molar refractivity (Wildman–Crippen MR) is 71.8 cm³/mol. The van der Waals surface area contributed by atoms with Gasteiger partial charge in [-0.25, -0.2) is 8.78 Å². The summed E-state index contributed by atoms with van der Waals surface area (Å²) in [7, 11) is -1.73. The van der Waals surface area contributed by atoms with Crippen molar-refractivity contribution in [2.24, 2.45) is 0 Å². The zero-order chi connectivity index (χ0) is 14.5. The Bertz CT molecular complexity index is 590. The van der Waals surface area contributed by atoms with E-state index in [0.717, 1.165) is 6.07 Å². The molecule has 2 rings (SSSR count). The lowest BCUT2D eigenvalue weighted by atomic mass is 9.80. The van der Waals surface area contributed by atoms with E-state index < -0.39 is 12.9 Å². The van der Waals surface area contributed by atoms with Crippen molar-refractivity contribution in [1.29, 1.82) is 0 Å². The Kier molecular flexibility index (Phi) is 4.71. The third kappa shape index (κ3) is 3.56. The number of rotatable bonds is 5. The first kappa shape index (κ1) is 14.5. The average molecular weight is 278 g/mol. The fourth-order valence-corrected chi connectivity index (χ4v) is 1.77. The molecule has 6 heteroatoms. The molecule has 0 aliphatic rings. The van der Waals surface area contributed by atoms with Crippen molar-refractivity contribution in [3.63, 3.8) is 0 Å². The molecular formula is C14H13BF2O3. The van der Waals surface area contributed by atoms with Crippen LogP contribution >= 0.6 is 0 Å². The normalized spacial score (nSPS) is 10.4. The van der Waals surface area contributed by atoms with Crippen LogP contribution in [-0.4, -0.2) is 23.8 Å². The molecule has 0 radical (unpaired) electrons. The highest BCUT2D eigenvalue weighted by Gasteiger charge is 2.14. The first-order valence-corrected chi connectivity index (χ1v) is 6.09. The van der Waals surface area contributed by atoms with Gasteiger partial charge in [0.1, 0.15) is 5.82 Å². The summed E-state index contributed by atoms with van der Waals surface area (Å²) in [6, 6.07) is 9.96. The molecule has 2 aromatic carbocycles. The highest BCUT2D eigenvalue weighted by atomic mass is 19.1. The largest absolute Gasteiger partial charge is 0.490 e. The SMILES string of the molecule is OB(O)c1ccc(OCCc2ccccc2F)c(F)c1. The van der Waals surface area contributed by atoms with Crippen LogP contribution in [0.15, 0.2) is 42.5 Å². The molecule has 0 spiro atoms. The van der Waals surface area contributed by atoms with Crippen LogP contribution in [0.4, 0.5) is 8.78 Å². The van der Waals surface area contributed by atoms with E-state index in [1.807, 2.05) is 0 Å². The third-order valence-corrected chi connectivity index (χ3v) is 2.84. The van der Waals surface area contributed by atoms with Crippen molar-refractivity contribution >= 4 is 12.6 Å². The second-order valence-electron chi connectivity index (χ2n) is 4.25. The fraction of sp³-hybridized carbons (Fsp3) is 0.143. The quantitative estimate of drug-likeness (QED) is 0.810. The summed E-state index contributed by atoms with van der Waals surface area (Å²) in [5.41, 5.74) is 0.541. The average Bonchev–Trinajstić information content (AvgIpc) is 2.42. The van der Waals surface area contributed by atoms with Gasteiger partial charge in [0.05, 0.1) is 6.61 Å². The van der Waals surface area contributed by atoms with Crippen LogP contribution in [0.1, 0.15) is 5.56 Å². The van der Waals surface area contributed by atoms with Gasteiger partial charge in [-0.15, -0.1) is 0 Å². The van der Waals surface area contributed by atoms with Gasteiger partial charge in [0.2, 0.25) is 0 Å². The number of hydrogen-bond acceptors (Lipinski definition) is 3. The van der Waals surface area contributed by atoms with Gasteiger partial charge in [0.15, 0.2) is 11.6 Å². The molecule has 104 valence electrons. The molecule has 0 atom stereocenters. The molecule has 0 heterocycles. The predicted octanol–water partition coefficient (Wildman–Crippen LogP) is 1.27. The van der Waals surface area contributed by atoms with Gasteiger partial charge in [0, 0.05) is 6.42 Å². The first-order valence-electron chi connectivity index (χ1n) is 6.09. The van der Waals surface area contributed by atoms with Crippen molar-refractivity contribution in [1.82, 2.24) is 0 Å². The molecule has 0 unspecified atom stereocenters. The Morgan fingerprint density at radius 2 is 1.75 bits per heavy atom. The number of benzene rings is 2. The number of hydrogen-bond donors (Lipinski definition) is 2. The van der Waals surface area contributed by atoms with Crippen LogP contribution in [0, 0.1) is 11.6 Å². The zero-order valence-corrected chi connectivity index (χ0v) is 10.6. The van der Waals surface area contributed by atoms with Gasteiger partial charge in [-0.3, -0.25) is 0 Å². The number of ether oxygens (including phenoxy) is 1. The summed E-state index contributed by atoms with van der Waals surface area (Å²) < 4.78 is 32.2. The van der Waals surface area contributed by atoms with E-state index >= 15 is 0 Å². The van der Waals surface area contributed by atoms with Crippen molar-refractivity contribution in [2.45, 2.75) is 6.42 Å². The maximum Gasteiger partial charge on any atom is 0.488 e. The number of halogens is 2. The molecule has 0 saturated carbocycles. The zero-order valence-electron chi connectivity index (χ0n) is 10.6.